The number of nitrogens with two attached hydrogens (primary N) is 1. The van der Waals surface area contributed by atoms with Crippen molar-refractivity contribution in [3.63, 3.8) is 0 Å². The number of nitrogens with zero attached hydrogens (tertiary/aromatic N) is 1. The summed E-state index contributed by atoms with van der Waals surface area (Å²) in [6.07, 6.45) is 3.01. The van der Waals surface area contributed by atoms with Gasteiger partial charge in [-0.3, -0.25) is 9.78 Å². The van der Waals surface area contributed by atoms with Crippen LogP contribution >= 0.6 is 0 Å². The lowest BCUT2D eigenvalue weighted by molar-refractivity contribution is 0.0954. The third kappa shape index (κ3) is 5.66. The molecular formula is C11H18N4O3S. The van der Waals surface area contributed by atoms with Crippen molar-refractivity contribution in [2.24, 2.45) is 0 Å². The maximum atomic E-state index is 11.8. The number of aromatic nitrogens is 1. The standard InChI is InChI=1S/C11H18N4O3S/c1-8-6-10(12)9(7-14-8)11(16)13-4-3-5-15-19(2,17)18/h6-7,15H,3-5H2,1-2H3,(H2,12,14)(H,13,16). The lowest BCUT2D eigenvalue weighted by Gasteiger charge is -2.07. The molecule has 0 aromatic carbocycles. The molecule has 1 rings (SSSR count). The van der Waals surface area contributed by atoms with Crippen molar-refractivity contribution >= 4 is 21.6 Å². The van der Waals surface area contributed by atoms with Crippen LogP contribution in [0.3, 0.4) is 0 Å². The second kappa shape index (κ2) is 6.48. The molecule has 4 N–H and O–H groups in total. The lowest BCUT2D eigenvalue weighted by atomic mass is 10.2. The van der Waals surface area contributed by atoms with Crippen LogP contribution in [0.1, 0.15) is 22.5 Å². The Kier molecular flexibility index (Phi) is 5.25. The second-order valence-corrected chi connectivity index (χ2v) is 6.02. The van der Waals surface area contributed by atoms with Crippen LogP contribution in [-0.4, -0.2) is 38.7 Å². The van der Waals surface area contributed by atoms with Gasteiger partial charge in [-0.1, -0.05) is 0 Å². The molecule has 1 heterocycles. The molecule has 0 unspecified atom stereocenters. The summed E-state index contributed by atoms with van der Waals surface area (Å²) in [5, 5.41) is 2.65. The first-order valence-corrected chi connectivity index (χ1v) is 7.63. The first kappa shape index (κ1) is 15.4. The molecule has 1 aromatic heterocycles. The molecule has 1 amide bonds. The first-order valence-electron chi connectivity index (χ1n) is 5.74. The third-order valence-corrected chi connectivity index (χ3v) is 3.05. The van der Waals surface area contributed by atoms with Crippen LogP contribution in [0, 0.1) is 6.92 Å². The van der Waals surface area contributed by atoms with Crippen LogP contribution in [0.15, 0.2) is 12.3 Å². The number of nitrogens with one attached hydrogen (secondary N) is 2. The topological polar surface area (TPSA) is 114 Å². The Morgan fingerprint density at radius 3 is 2.68 bits per heavy atom. The highest BCUT2D eigenvalue weighted by molar-refractivity contribution is 7.88. The highest BCUT2D eigenvalue weighted by Crippen LogP contribution is 2.10. The Morgan fingerprint density at radius 2 is 2.11 bits per heavy atom. The van der Waals surface area contributed by atoms with E-state index in [9.17, 15) is 13.2 Å². The predicted molar refractivity (Wildman–Crippen MR) is 73.2 cm³/mol. The van der Waals surface area contributed by atoms with E-state index in [0.717, 1.165) is 11.9 Å². The Balaban J connectivity index is 2.39. The summed E-state index contributed by atoms with van der Waals surface area (Å²) >= 11 is 0. The first-order chi connectivity index (χ1) is 8.79. The van der Waals surface area contributed by atoms with Gasteiger partial charge in [-0.25, -0.2) is 13.1 Å². The summed E-state index contributed by atoms with van der Waals surface area (Å²) < 4.78 is 23.9. The number of nitrogen functional groups attached to an aromatic ring is 1. The van der Waals surface area contributed by atoms with Crippen molar-refractivity contribution in [3.05, 3.63) is 23.5 Å². The van der Waals surface area contributed by atoms with Crippen molar-refractivity contribution in [1.82, 2.24) is 15.0 Å². The Bertz CT molecular complexity index is 557. The van der Waals surface area contributed by atoms with Gasteiger partial charge in [0.05, 0.1) is 11.8 Å². The van der Waals surface area contributed by atoms with E-state index in [-0.39, 0.29) is 12.5 Å². The quantitative estimate of drug-likeness (QED) is 0.618. The zero-order valence-electron chi connectivity index (χ0n) is 10.9. The molecule has 0 radical (unpaired) electrons. The molecule has 0 atom stereocenters. The molecule has 1 aromatic rings. The number of pyridine rings is 1. The minimum absolute atomic E-state index is 0.279. The predicted octanol–water partition coefficient (Wildman–Crippen LogP) is -0.359. The Morgan fingerprint density at radius 1 is 1.42 bits per heavy atom. The smallest absolute Gasteiger partial charge is 0.254 e. The van der Waals surface area contributed by atoms with Gasteiger partial charge >= 0.3 is 0 Å². The number of sulfonamides is 1. The van der Waals surface area contributed by atoms with E-state index in [0.29, 0.717) is 24.2 Å². The van der Waals surface area contributed by atoms with E-state index in [1.165, 1.54) is 6.20 Å². The molecule has 0 saturated carbocycles. The van der Waals surface area contributed by atoms with Crippen LogP contribution in [0.2, 0.25) is 0 Å². The fourth-order valence-corrected chi connectivity index (χ4v) is 1.93. The number of aryl methyl sites for hydroxylation is 1. The highest BCUT2D eigenvalue weighted by atomic mass is 32.2. The molecule has 0 aliphatic heterocycles. The van der Waals surface area contributed by atoms with Gasteiger partial charge in [0.2, 0.25) is 10.0 Å². The average Bonchev–Trinajstić information content (AvgIpc) is 2.26. The molecule has 0 aliphatic carbocycles. The zero-order chi connectivity index (χ0) is 14.5. The summed E-state index contributed by atoms with van der Waals surface area (Å²) in [5.74, 6) is -0.315. The third-order valence-electron chi connectivity index (χ3n) is 2.32. The van der Waals surface area contributed by atoms with E-state index in [1.54, 1.807) is 13.0 Å². The van der Waals surface area contributed by atoms with Gasteiger partial charge < -0.3 is 11.1 Å². The molecule has 106 valence electrons. The molecule has 0 saturated heterocycles. The van der Waals surface area contributed by atoms with E-state index in [4.69, 9.17) is 5.73 Å². The van der Waals surface area contributed by atoms with Crippen molar-refractivity contribution < 1.29 is 13.2 Å². The summed E-state index contributed by atoms with van der Waals surface area (Å²) in [7, 11) is -3.18. The van der Waals surface area contributed by atoms with E-state index >= 15 is 0 Å². The monoisotopic (exact) mass is 286 g/mol. The minimum atomic E-state index is -3.18. The molecular weight excluding hydrogens is 268 g/mol. The number of hydrogen-bond acceptors (Lipinski definition) is 5. The van der Waals surface area contributed by atoms with Crippen molar-refractivity contribution in [3.8, 4) is 0 Å². The molecule has 0 aliphatic rings. The van der Waals surface area contributed by atoms with Gasteiger partial charge in [-0.2, -0.15) is 0 Å². The SMILES string of the molecule is Cc1cc(N)c(C(=O)NCCCNS(C)(=O)=O)cn1. The van der Waals surface area contributed by atoms with Crippen molar-refractivity contribution in [1.29, 1.82) is 0 Å². The Hall–Kier alpha value is -1.67. The number of carbonyl (C=O) groups excluding carboxylic acids is 1. The highest BCUT2D eigenvalue weighted by Gasteiger charge is 2.09. The largest absolute Gasteiger partial charge is 0.398 e. The number of carbonyl (C=O) groups is 1. The molecule has 7 nitrogen and oxygen atoms in total. The zero-order valence-corrected chi connectivity index (χ0v) is 11.8. The van der Waals surface area contributed by atoms with Gasteiger partial charge in [-0.15, -0.1) is 0 Å². The summed E-state index contributed by atoms with van der Waals surface area (Å²) in [6, 6.07) is 1.63. The fourth-order valence-electron chi connectivity index (χ4n) is 1.41. The van der Waals surface area contributed by atoms with Gasteiger partial charge in [0.15, 0.2) is 0 Å². The van der Waals surface area contributed by atoms with Crippen molar-refractivity contribution in [2.75, 3.05) is 25.1 Å². The summed E-state index contributed by atoms with van der Waals surface area (Å²) in [6.45, 7) is 2.42. The molecule has 19 heavy (non-hydrogen) atoms. The summed E-state index contributed by atoms with van der Waals surface area (Å²) in [4.78, 5) is 15.8. The maximum Gasteiger partial charge on any atom is 0.254 e. The Labute approximate surface area is 112 Å². The van der Waals surface area contributed by atoms with Crippen molar-refractivity contribution in [2.45, 2.75) is 13.3 Å². The van der Waals surface area contributed by atoms with Crippen LogP contribution in [0.25, 0.3) is 0 Å². The lowest BCUT2D eigenvalue weighted by Crippen LogP contribution is -2.29. The van der Waals surface area contributed by atoms with Crippen LogP contribution < -0.4 is 15.8 Å². The van der Waals surface area contributed by atoms with Gasteiger partial charge in [0.25, 0.3) is 5.91 Å². The minimum Gasteiger partial charge on any atom is -0.398 e. The van der Waals surface area contributed by atoms with E-state index < -0.39 is 10.0 Å². The van der Waals surface area contributed by atoms with Gasteiger partial charge in [-0.05, 0) is 19.4 Å². The normalized spacial score (nSPS) is 11.3. The number of hydrogen-bond donors (Lipinski definition) is 3. The van der Waals surface area contributed by atoms with Gasteiger partial charge in [0.1, 0.15) is 0 Å². The van der Waals surface area contributed by atoms with Crippen LogP contribution in [-0.2, 0) is 10.0 Å². The van der Waals surface area contributed by atoms with E-state index in [2.05, 4.69) is 15.0 Å². The molecule has 0 fully saturated rings. The van der Waals surface area contributed by atoms with Crippen LogP contribution in [0.5, 0.6) is 0 Å². The molecule has 0 spiro atoms. The average molecular weight is 286 g/mol. The fraction of sp³-hybridized carbons (Fsp3) is 0.455. The van der Waals surface area contributed by atoms with Crippen LogP contribution in [0.4, 0.5) is 5.69 Å². The van der Waals surface area contributed by atoms with Gasteiger partial charge in [0, 0.05) is 30.7 Å². The van der Waals surface area contributed by atoms with E-state index in [1.807, 2.05) is 0 Å². The molecule has 8 heteroatoms. The number of rotatable bonds is 6. The summed E-state index contributed by atoms with van der Waals surface area (Å²) in [5.41, 5.74) is 7.15. The maximum absolute atomic E-state index is 11.8. The number of anilines is 1. The number of amides is 1. The molecule has 0 bridgehead atoms. The second-order valence-electron chi connectivity index (χ2n) is 4.19.